The van der Waals surface area contributed by atoms with E-state index in [1.54, 1.807) is 0 Å². The summed E-state index contributed by atoms with van der Waals surface area (Å²) in [7, 11) is 0. The summed E-state index contributed by atoms with van der Waals surface area (Å²) in [6.07, 6.45) is 2.38. The average molecular weight is 348 g/mol. The van der Waals surface area contributed by atoms with Gasteiger partial charge >= 0.3 is 0 Å². The van der Waals surface area contributed by atoms with Crippen LogP contribution in [0.3, 0.4) is 0 Å². The van der Waals surface area contributed by atoms with Crippen LogP contribution in [0.5, 0.6) is 0 Å². The van der Waals surface area contributed by atoms with Gasteiger partial charge < -0.3 is 9.80 Å². The normalized spacial score (nSPS) is 23.7. The SMILES string of the molecule is C[C@H](c1ccccc1)N1CCC2(CCCN2C(=O)c2ccccc2)C1=O. The molecule has 4 heteroatoms. The van der Waals surface area contributed by atoms with Crippen molar-refractivity contribution in [1.29, 1.82) is 0 Å². The third-order valence-electron chi connectivity index (χ3n) is 5.93. The van der Waals surface area contributed by atoms with Crippen LogP contribution in [0.4, 0.5) is 0 Å². The summed E-state index contributed by atoms with van der Waals surface area (Å²) in [6, 6.07) is 19.4. The zero-order valence-electron chi connectivity index (χ0n) is 15.1. The molecular formula is C22H24N2O2. The van der Waals surface area contributed by atoms with Crippen LogP contribution in [-0.2, 0) is 4.79 Å². The molecule has 0 bridgehead atoms. The van der Waals surface area contributed by atoms with Crippen LogP contribution < -0.4 is 0 Å². The number of benzene rings is 2. The lowest BCUT2D eigenvalue weighted by atomic mass is 9.93. The van der Waals surface area contributed by atoms with E-state index in [1.807, 2.05) is 58.3 Å². The molecule has 2 aliphatic rings. The Bertz CT molecular complexity index is 805. The number of carbonyl (C=O) groups is 2. The minimum atomic E-state index is -0.657. The van der Waals surface area contributed by atoms with Gasteiger partial charge in [0.05, 0.1) is 6.04 Å². The predicted molar refractivity (Wildman–Crippen MR) is 101 cm³/mol. The van der Waals surface area contributed by atoms with Crippen LogP contribution in [-0.4, -0.2) is 40.2 Å². The van der Waals surface area contributed by atoms with Gasteiger partial charge in [0.2, 0.25) is 5.91 Å². The van der Waals surface area contributed by atoms with Crippen LogP contribution >= 0.6 is 0 Å². The van der Waals surface area contributed by atoms with E-state index in [0.29, 0.717) is 18.7 Å². The average Bonchev–Trinajstić information content (AvgIpc) is 3.27. The lowest BCUT2D eigenvalue weighted by Crippen LogP contribution is -2.53. The molecule has 2 amide bonds. The molecule has 134 valence electrons. The van der Waals surface area contributed by atoms with E-state index >= 15 is 0 Å². The molecule has 0 radical (unpaired) electrons. The molecule has 2 aromatic carbocycles. The summed E-state index contributed by atoms with van der Waals surface area (Å²) in [5.74, 6) is 0.0845. The first-order chi connectivity index (χ1) is 12.6. The molecule has 2 aromatic rings. The van der Waals surface area contributed by atoms with E-state index in [0.717, 1.165) is 24.8 Å². The Morgan fingerprint density at radius 2 is 1.62 bits per heavy atom. The third kappa shape index (κ3) is 2.61. The van der Waals surface area contributed by atoms with E-state index in [4.69, 9.17) is 0 Å². The minimum absolute atomic E-state index is 0.0225. The van der Waals surface area contributed by atoms with Crippen molar-refractivity contribution in [3.05, 3.63) is 71.8 Å². The fraction of sp³-hybridized carbons (Fsp3) is 0.364. The second-order valence-corrected chi connectivity index (χ2v) is 7.29. The van der Waals surface area contributed by atoms with E-state index in [-0.39, 0.29) is 17.9 Å². The van der Waals surface area contributed by atoms with Gasteiger partial charge in [-0.2, -0.15) is 0 Å². The molecule has 0 aliphatic carbocycles. The fourth-order valence-corrected chi connectivity index (χ4v) is 4.46. The molecule has 2 aliphatic heterocycles. The lowest BCUT2D eigenvalue weighted by molar-refractivity contribution is -0.137. The van der Waals surface area contributed by atoms with Gasteiger partial charge in [-0.05, 0) is 43.9 Å². The summed E-state index contributed by atoms with van der Waals surface area (Å²) in [4.78, 5) is 30.3. The van der Waals surface area contributed by atoms with Crippen molar-refractivity contribution >= 4 is 11.8 Å². The smallest absolute Gasteiger partial charge is 0.254 e. The summed E-state index contributed by atoms with van der Waals surface area (Å²) in [5, 5.41) is 0. The summed E-state index contributed by atoms with van der Waals surface area (Å²) < 4.78 is 0. The Hall–Kier alpha value is -2.62. The van der Waals surface area contributed by atoms with Crippen molar-refractivity contribution in [3.63, 3.8) is 0 Å². The number of likely N-dealkylation sites (tertiary alicyclic amines) is 2. The molecule has 4 rings (SSSR count). The molecule has 0 N–H and O–H groups in total. The van der Waals surface area contributed by atoms with Crippen molar-refractivity contribution < 1.29 is 9.59 Å². The minimum Gasteiger partial charge on any atom is -0.334 e. The van der Waals surface area contributed by atoms with E-state index in [9.17, 15) is 9.59 Å². The molecule has 1 unspecified atom stereocenters. The number of amides is 2. The van der Waals surface area contributed by atoms with Crippen molar-refractivity contribution in [3.8, 4) is 0 Å². The first-order valence-corrected chi connectivity index (χ1v) is 9.36. The lowest BCUT2D eigenvalue weighted by Gasteiger charge is -2.34. The fourth-order valence-electron chi connectivity index (χ4n) is 4.46. The molecule has 1 spiro atoms. The van der Waals surface area contributed by atoms with E-state index in [2.05, 4.69) is 19.1 Å². The maximum atomic E-state index is 13.4. The quantitative estimate of drug-likeness (QED) is 0.849. The van der Waals surface area contributed by atoms with E-state index < -0.39 is 5.54 Å². The molecule has 0 aromatic heterocycles. The third-order valence-corrected chi connectivity index (χ3v) is 5.93. The number of hydrogen-bond donors (Lipinski definition) is 0. The van der Waals surface area contributed by atoms with Gasteiger partial charge in [-0.25, -0.2) is 0 Å². The van der Waals surface area contributed by atoms with Crippen molar-refractivity contribution in [2.24, 2.45) is 0 Å². The number of hydrogen-bond acceptors (Lipinski definition) is 2. The molecule has 2 atom stereocenters. The van der Waals surface area contributed by atoms with Crippen LogP contribution in [0.1, 0.15) is 48.1 Å². The van der Waals surface area contributed by atoms with Crippen LogP contribution in [0.25, 0.3) is 0 Å². The zero-order valence-corrected chi connectivity index (χ0v) is 15.1. The largest absolute Gasteiger partial charge is 0.334 e. The Morgan fingerprint density at radius 1 is 0.962 bits per heavy atom. The number of nitrogens with zero attached hydrogens (tertiary/aromatic N) is 2. The van der Waals surface area contributed by atoms with Crippen LogP contribution in [0.15, 0.2) is 60.7 Å². The van der Waals surface area contributed by atoms with Gasteiger partial charge in [0.1, 0.15) is 5.54 Å². The molecule has 26 heavy (non-hydrogen) atoms. The van der Waals surface area contributed by atoms with Gasteiger partial charge in [-0.15, -0.1) is 0 Å². The molecule has 2 fully saturated rings. The first-order valence-electron chi connectivity index (χ1n) is 9.36. The zero-order chi connectivity index (χ0) is 18.1. The highest BCUT2D eigenvalue weighted by molar-refractivity contribution is 6.00. The Morgan fingerprint density at radius 3 is 2.31 bits per heavy atom. The molecule has 4 nitrogen and oxygen atoms in total. The second kappa shape index (κ2) is 6.60. The Balaban J connectivity index is 1.60. The van der Waals surface area contributed by atoms with E-state index in [1.165, 1.54) is 0 Å². The van der Waals surface area contributed by atoms with Gasteiger partial charge in [0.25, 0.3) is 5.91 Å². The van der Waals surface area contributed by atoms with Crippen LogP contribution in [0.2, 0.25) is 0 Å². The molecule has 2 saturated heterocycles. The first kappa shape index (κ1) is 16.8. The highest BCUT2D eigenvalue weighted by atomic mass is 16.2. The standard InChI is InChI=1S/C22H24N2O2/c1-17(18-9-4-2-5-10-18)23-16-14-22(21(23)26)13-8-15-24(22)20(25)19-11-6-3-7-12-19/h2-7,9-12,17H,8,13-16H2,1H3/t17-,22?/m1/s1. The highest BCUT2D eigenvalue weighted by Gasteiger charge is 2.55. The van der Waals surface area contributed by atoms with Gasteiger partial charge in [-0.1, -0.05) is 48.5 Å². The highest BCUT2D eigenvalue weighted by Crippen LogP contribution is 2.42. The van der Waals surface area contributed by atoms with Crippen molar-refractivity contribution in [2.45, 2.75) is 37.8 Å². The maximum Gasteiger partial charge on any atom is 0.254 e. The number of rotatable bonds is 3. The Kier molecular flexibility index (Phi) is 4.27. The summed E-state index contributed by atoms with van der Waals surface area (Å²) in [6.45, 7) is 3.44. The second-order valence-electron chi connectivity index (χ2n) is 7.29. The summed E-state index contributed by atoms with van der Waals surface area (Å²) in [5.41, 5.74) is 1.14. The number of carbonyl (C=O) groups excluding carboxylic acids is 2. The monoisotopic (exact) mass is 348 g/mol. The van der Waals surface area contributed by atoms with Crippen LogP contribution in [0, 0.1) is 0 Å². The topological polar surface area (TPSA) is 40.6 Å². The molecule has 2 heterocycles. The molecule has 0 saturated carbocycles. The van der Waals surface area contributed by atoms with Gasteiger partial charge in [0, 0.05) is 18.7 Å². The molecular weight excluding hydrogens is 324 g/mol. The van der Waals surface area contributed by atoms with Crippen molar-refractivity contribution in [1.82, 2.24) is 9.80 Å². The van der Waals surface area contributed by atoms with Gasteiger partial charge in [0.15, 0.2) is 0 Å². The Labute approximate surface area is 154 Å². The maximum absolute atomic E-state index is 13.4. The van der Waals surface area contributed by atoms with Crippen molar-refractivity contribution in [2.75, 3.05) is 13.1 Å². The van der Waals surface area contributed by atoms with Gasteiger partial charge in [-0.3, -0.25) is 9.59 Å². The predicted octanol–water partition coefficient (Wildman–Crippen LogP) is 3.65. The summed E-state index contributed by atoms with van der Waals surface area (Å²) >= 11 is 0.